The van der Waals surface area contributed by atoms with Crippen LogP contribution in [0.4, 0.5) is 13.2 Å². The highest BCUT2D eigenvalue weighted by atomic mass is 19.4. The third-order valence-corrected chi connectivity index (χ3v) is 2.42. The third kappa shape index (κ3) is 5.98. The van der Waals surface area contributed by atoms with Crippen LogP contribution < -0.4 is 0 Å². The first kappa shape index (κ1) is 15.3. The number of alkyl halides is 3. The maximum Gasteiger partial charge on any atom is 0.487 e. The highest BCUT2D eigenvalue weighted by Crippen LogP contribution is 2.22. The molecule has 0 aromatic rings. The van der Waals surface area contributed by atoms with E-state index in [1.54, 1.807) is 0 Å². The van der Waals surface area contributed by atoms with E-state index in [0.29, 0.717) is 6.42 Å². The summed E-state index contributed by atoms with van der Waals surface area (Å²) in [7, 11) is 0. The van der Waals surface area contributed by atoms with Crippen molar-refractivity contribution in [1.82, 2.24) is 4.90 Å². The molecule has 0 aliphatic carbocycles. The smallest absolute Gasteiger partial charge is 0.275 e. The van der Waals surface area contributed by atoms with Crippen LogP contribution in [0.15, 0.2) is 0 Å². The average molecular weight is 239 g/mol. The molecule has 0 bridgehead atoms. The number of carbonyl (C=O) groups is 1. The van der Waals surface area contributed by atoms with E-state index in [9.17, 15) is 18.0 Å². The van der Waals surface area contributed by atoms with Gasteiger partial charge in [0.15, 0.2) is 0 Å². The van der Waals surface area contributed by atoms with Crippen molar-refractivity contribution in [1.29, 1.82) is 0 Å². The number of unbranched alkanes of at least 4 members (excludes halogenated alkanes) is 4. The van der Waals surface area contributed by atoms with Crippen LogP contribution in [0.1, 0.15) is 52.4 Å². The summed E-state index contributed by atoms with van der Waals surface area (Å²) in [5, 5.41) is 0. The summed E-state index contributed by atoms with van der Waals surface area (Å²) in [4.78, 5) is 11.2. The maximum atomic E-state index is 12.3. The van der Waals surface area contributed by atoms with Crippen molar-refractivity contribution in [2.45, 2.75) is 58.7 Å². The van der Waals surface area contributed by atoms with E-state index in [0.717, 1.165) is 25.7 Å². The van der Waals surface area contributed by atoms with E-state index in [1.165, 1.54) is 6.92 Å². The number of nitrogens with zero attached hydrogens (tertiary/aromatic N) is 1. The Bertz CT molecular complexity index is 204. The van der Waals surface area contributed by atoms with Gasteiger partial charge in [-0.05, 0) is 13.3 Å². The second kappa shape index (κ2) is 7.52. The van der Waals surface area contributed by atoms with Crippen LogP contribution in [0.3, 0.4) is 0 Å². The molecule has 0 aliphatic heterocycles. The van der Waals surface area contributed by atoms with E-state index in [1.807, 2.05) is 0 Å². The molecular formula is C11H20F3NO. The number of halogens is 3. The molecule has 0 radical (unpaired) electrons. The molecule has 0 aromatic heterocycles. The Kier molecular flexibility index (Phi) is 7.17. The first-order valence-electron chi connectivity index (χ1n) is 5.80. The first-order valence-corrected chi connectivity index (χ1v) is 5.80. The lowest BCUT2D eigenvalue weighted by Crippen LogP contribution is -2.42. The van der Waals surface area contributed by atoms with Crippen LogP contribution in [0.25, 0.3) is 0 Å². The van der Waals surface area contributed by atoms with Gasteiger partial charge in [-0.3, -0.25) is 9.69 Å². The van der Waals surface area contributed by atoms with Gasteiger partial charge in [0.05, 0.1) is 0 Å². The van der Waals surface area contributed by atoms with Crippen molar-refractivity contribution in [3.05, 3.63) is 0 Å². The Balaban J connectivity index is 3.86. The maximum absolute atomic E-state index is 12.3. The minimum atomic E-state index is -4.53. The van der Waals surface area contributed by atoms with Crippen LogP contribution >= 0.6 is 0 Å². The summed E-state index contributed by atoms with van der Waals surface area (Å²) in [6.07, 6.45) is -0.0167. The van der Waals surface area contributed by atoms with Crippen LogP contribution in [-0.4, -0.2) is 23.7 Å². The van der Waals surface area contributed by atoms with Crippen molar-refractivity contribution >= 4 is 5.91 Å². The largest absolute Gasteiger partial charge is 0.487 e. The summed E-state index contributed by atoms with van der Waals surface area (Å²) in [6.45, 7) is 3.09. The minimum absolute atomic E-state index is 0.00291. The predicted molar refractivity (Wildman–Crippen MR) is 56.8 cm³/mol. The quantitative estimate of drug-likeness (QED) is 0.490. The van der Waals surface area contributed by atoms with Crippen molar-refractivity contribution in [2.75, 3.05) is 6.54 Å². The Morgan fingerprint density at radius 3 is 2.06 bits per heavy atom. The normalized spacial score (nSPS) is 11.6. The zero-order valence-corrected chi connectivity index (χ0v) is 9.94. The molecule has 1 amide bonds. The molecule has 96 valence electrons. The lowest BCUT2D eigenvalue weighted by Gasteiger charge is -2.23. The fourth-order valence-electron chi connectivity index (χ4n) is 1.51. The van der Waals surface area contributed by atoms with Gasteiger partial charge in [0.2, 0.25) is 5.91 Å². The summed E-state index contributed by atoms with van der Waals surface area (Å²) >= 11 is 0. The third-order valence-electron chi connectivity index (χ3n) is 2.42. The molecule has 2 nitrogen and oxygen atoms in total. The topological polar surface area (TPSA) is 20.3 Å². The minimum Gasteiger partial charge on any atom is -0.275 e. The van der Waals surface area contributed by atoms with E-state index in [-0.39, 0.29) is 17.9 Å². The Labute approximate surface area is 94.8 Å². The monoisotopic (exact) mass is 239 g/mol. The molecule has 16 heavy (non-hydrogen) atoms. The molecule has 0 fully saturated rings. The van der Waals surface area contributed by atoms with Crippen molar-refractivity contribution in [3.8, 4) is 0 Å². The number of hydrogen-bond donors (Lipinski definition) is 0. The van der Waals surface area contributed by atoms with Gasteiger partial charge in [-0.2, -0.15) is 0 Å². The van der Waals surface area contributed by atoms with Crippen LogP contribution in [-0.2, 0) is 4.79 Å². The predicted octanol–water partition coefficient (Wildman–Crippen LogP) is 3.72. The number of hydrogen-bond acceptors (Lipinski definition) is 1. The van der Waals surface area contributed by atoms with Gasteiger partial charge < -0.3 is 0 Å². The number of carbonyl (C=O) groups excluding carboxylic acids is 1. The van der Waals surface area contributed by atoms with Crippen molar-refractivity contribution in [2.24, 2.45) is 0 Å². The summed E-state index contributed by atoms with van der Waals surface area (Å²) in [6, 6.07) is 0. The van der Waals surface area contributed by atoms with Gasteiger partial charge in [0, 0.05) is 13.0 Å². The van der Waals surface area contributed by atoms with E-state index < -0.39 is 12.2 Å². The van der Waals surface area contributed by atoms with E-state index in [2.05, 4.69) is 6.92 Å². The molecule has 0 atom stereocenters. The molecule has 0 saturated carbocycles. The van der Waals surface area contributed by atoms with E-state index >= 15 is 0 Å². The van der Waals surface area contributed by atoms with Gasteiger partial charge in [0.1, 0.15) is 0 Å². The number of rotatable bonds is 7. The van der Waals surface area contributed by atoms with Gasteiger partial charge in [-0.1, -0.05) is 32.6 Å². The van der Waals surface area contributed by atoms with Crippen LogP contribution in [0.5, 0.6) is 0 Å². The molecule has 0 heterocycles. The Hall–Kier alpha value is -0.740. The van der Waals surface area contributed by atoms with Gasteiger partial charge in [-0.25, -0.2) is 0 Å². The Morgan fingerprint density at radius 1 is 1.06 bits per heavy atom. The van der Waals surface area contributed by atoms with Gasteiger partial charge in [0.25, 0.3) is 0 Å². The fraction of sp³-hybridized carbons (Fsp3) is 0.909. The lowest BCUT2D eigenvalue weighted by atomic mass is 10.1. The van der Waals surface area contributed by atoms with Crippen molar-refractivity contribution in [3.63, 3.8) is 0 Å². The average Bonchev–Trinajstić information content (AvgIpc) is 2.16. The molecule has 0 N–H and O–H groups in total. The lowest BCUT2D eigenvalue weighted by molar-refractivity contribution is -0.239. The van der Waals surface area contributed by atoms with Gasteiger partial charge >= 0.3 is 6.30 Å². The number of amides is 1. The van der Waals surface area contributed by atoms with Crippen LogP contribution in [0.2, 0.25) is 0 Å². The molecule has 0 spiro atoms. The standard InChI is InChI=1S/C11H20F3NO/c1-3-5-6-7-8-9-10(16)15(4-2)11(12,13)14/h3-9H2,1-2H3. The fourth-order valence-corrected chi connectivity index (χ4v) is 1.51. The summed E-state index contributed by atoms with van der Waals surface area (Å²) < 4.78 is 36.9. The zero-order valence-electron chi connectivity index (χ0n) is 9.94. The highest BCUT2D eigenvalue weighted by Gasteiger charge is 2.39. The van der Waals surface area contributed by atoms with Crippen molar-refractivity contribution < 1.29 is 18.0 Å². The second-order valence-electron chi connectivity index (χ2n) is 3.77. The van der Waals surface area contributed by atoms with E-state index in [4.69, 9.17) is 0 Å². The van der Waals surface area contributed by atoms with Crippen LogP contribution in [0, 0.1) is 0 Å². The second-order valence-corrected chi connectivity index (χ2v) is 3.77. The molecule has 5 heteroatoms. The molecular weight excluding hydrogens is 219 g/mol. The summed E-state index contributed by atoms with van der Waals surface area (Å²) in [5.41, 5.74) is 0. The summed E-state index contributed by atoms with van der Waals surface area (Å²) in [5.74, 6) is -0.813. The first-order chi connectivity index (χ1) is 7.43. The Morgan fingerprint density at radius 2 is 1.62 bits per heavy atom. The highest BCUT2D eigenvalue weighted by molar-refractivity contribution is 5.76. The molecule has 0 aliphatic rings. The van der Waals surface area contributed by atoms with Gasteiger partial charge in [-0.15, -0.1) is 13.2 Å². The molecule has 0 aromatic carbocycles. The molecule has 0 rings (SSSR count). The molecule has 0 unspecified atom stereocenters. The molecule has 0 saturated heterocycles. The SMILES string of the molecule is CCCCCCCC(=O)N(CC)C(F)(F)F. The zero-order chi connectivity index (χ0) is 12.6.